The van der Waals surface area contributed by atoms with Crippen molar-refractivity contribution in [2.24, 2.45) is 0 Å². The molecular weight excluding hydrogens is 262 g/mol. The number of benzene rings is 1. The first-order chi connectivity index (χ1) is 10.4. The van der Waals surface area contributed by atoms with Gasteiger partial charge in [0, 0.05) is 32.1 Å². The molecule has 1 atom stereocenters. The Labute approximate surface area is 124 Å². The third kappa shape index (κ3) is 2.42. The Morgan fingerprint density at radius 3 is 2.90 bits per heavy atom. The molecule has 1 fully saturated rings. The quantitative estimate of drug-likeness (QED) is 0.880. The average molecular weight is 283 g/mol. The van der Waals surface area contributed by atoms with Crippen LogP contribution >= 0.6 is 0 Å². The molecule has 0 radical (unpaired) electrons. The second kappa shape index (κ2) is 5.48. The highest BCUT2D eigenvalue weighted by Gasteiger charge is 2.25. The minimum absolute atomic E-state index is 0.374. The zero-order valence-electron chi connectivity index (χ0n) is 12.2. The Morgan fingerprint density at radius 2 is 2.00 bits per heavy atom. The molecule has 2 heterocycles. The molecule has 1 aliphatic carbocycles. The van der Waals surface area contributed by atoms with Gasteiger partial charge in [-0.2, -0.15) is 4.98 Å². The van der Waals surface area contributed by atoms with Gasteiger partial charge >= 0.3 is 0 Å². The van der Waals surface area contributed by atoms with Crippen molar-refractivity contribution in [3.05, 3.63) is 41.2 Å². The number of fused-ring (bicyclic) bond motifs is 1. The van der Waals surface area contributed by atoms with E-state index in [0.29, 0.717) is 5.92 Å². The summed E-state index contributed by atoms with van der Waals surface area (Å²) in [5.41, 5.74) is 2.89. The number of nitrogens with zero attached hydrogens (tertiary/aromatic N) is 3. The second-order valence-electron chi connectivity index (χ2n) is 5.90. The number of nitrogens with one attached hydrogen (secondary N) is 2. The average Bonchev–Trinajstić information content (AvgIpc) is 3.05. The third-order valence-electron chi connectivity index (χ3n) is 4.59. The van der Waals surface area contributed by atoms with E-state index >= 15 is 0 Å². The van der Waals surface area contributed by atoms with Crippen LogP contribution in [0.5, 0.6) is 0 Å². The topological polar surface area (TPSA) is 56.8 Å². The molecule has 1 aromatic carbocycles. The zero-order chi connectivity index (χ0) is 14.1. The first kappa shape index (κ1) is 12.8. The lowest BCUT2D eigenvalue weighted by molar-refractivity contribution is 0.578. The molecule has 5 nitrogen and oxygen atoms in total. The number of hydrogen-bond donors (Lipinski definition) is 2. The van der Waals surface area contributed by atoms with Crippen molar-refractivity contribution in [3.63, 3.8) is 0 Å². The Hall–Kier alpha value is -1.88. The molecule has 1 aromatic heterocycles. The predicted octanol–water partition coefficient (Wildman–Crippen LogP) is 1.68. The first-order valence-electron chi connectivity index (χ1n) is 7.87. The van der Waals surface area contributed by atoms with Crippen LogP contribution in [-0.4, -0.2) is 41.4 Å². The Morgan fingerprint density at radius 1 is 1.14 bits per heavy atom. The van der Waals surface area contributed by atoms with Gasteiger partial charge < -0.3 is 10.2 Å². The van der Waals surface area contributed by atoms with Crippen LogP contribution in [0.4, 0.5) is 5.95 Å². The summed E-state index contributed by atoms with van der Waals surface area (Å²) in [5.74, 6) is 2.25. The summed E-state index contributed by atoms with van der Waals surface area (Å²) in [5, 5.41) is 11.0. The van der Waals surface area contributed by atoms with E-state index in [0.717, 1.165) is 44.4 Å². The van der Waals surface area contributed by atoms with E-state index in [9.17, 15) is 0 Å². The Balaban J connectivity index is 1.61. The molecule has 21 heavy (non-hydrogen) atoms. The lowest BCUT2D eigenvalue weighted by atomic mass is 9.82. The second-order valence-corrected chi connectivity index (χ2v) is 5.90. The van der Waals surface area contributed by atoms with Gasteiger partial charge in [-0.3, -0.25) is 5.10 Å². The van der Waals surface area contributed by atoms with Crippen LogP contribution in [0.3, 0.4) is 0 Å². The molecule has 0 amide bonds. The van der Waals surface area contributed by atoms with Gasteiger partial charge in [0.2, 0.25) is 5.95 Å². The number of hydrogen-bond acceptors (Lipinski definition) is 4. The summed E-state index contributed by atoms with van der Waals surface area (Å²) >= 11 is 0. The molecule has 110 valence electrons. The van der Waals surface area contributed by atoms with Crippen LogP contribution in [0.2, 0.25) is 0 Å². The molecule has 4 rings (SSSR count). The molecule has 2 aliphatic rings. The first-order valence-corrected chi connectivity index (χ1v) is 7.87. The van der Waals surface area contributed by atoms with Crippen molar-refractivity contribution in [2.75, 3.05) is 31.1 Å². The van der Waals surface area contributed by atoms with Crippen molar-refractivity contribution in [2.45, 2.75) is 25.2 Å². The monoisotopic (exact) mass is 283 g/mol. The zero-order valence-corrected chi connectivity index (χ0v) is 12.2. The summed E-state index contributed by atoms with van der Waals surface area (Å²) in [6.07, 6.45) is 3.57. The van der Waals surface area contributed by atoms with Gasteiger partial charge in [-0.1, -0.05) is 24.3 Å². The van der Waals surface area contributed by atoms with Gasteiger partial charge in [-0.15, -0.1) is 5.10 Å². The molecule has 1 aliphatic heterocycles. The summed E-state index contributed by atoms with van der Waals surface area (Å²) in [6.45, 7) is 3.99. The number of piperazine rings is 1. The molecule has 5 heteroatoms. The van der Waals surface area contributed by atoms with Crippen molar-refractivity contribution in [3.8, 4) is 0 Å². The maximum Gasteiger partial charge on any atom is 0.244 e. The molecule has 2 N–H and O–H groups in total. The van der Waals surface area contributed by atoms with Gasteiger partial charge in [0.05, 0.1) is 0 Å². The minimum atomic E-state index is 0.374. The number of aromatic nitrogens is 3. The van der Waals surface area contributed by atoms with Crippen LogP contribution in [0.25, 0.3) is 0 Å². The van der Waals surface area contributed by atoms with Crippen LogP contribution in [0, 0.1) is 0 Å². The summed E-state index contributed by atoms with van der Waals surface area (Å²) in [6, 6.07) is 8.75. The van der Waals surface area contributed by atoms with E-state index in [1.165, 1.54) is 24.0 Å². The number of anilines is 1. The molecule has 2 aromatic rings. The highest BCUT2D eigenvalue weighted by atomic mass is 15.4. The van der Waals surface area contributed by atoms with Crippen molar-refractivity contribution in [1.82, 2.24) is 20.5 Å². The number of rotatable bonds is 2. The third-order valence-corrected chi connectivity index (χ3v) is 4.59. The summed E-state index contributed by atoms with van der Waals surface area (Å²) in [4.78, 5) is 7.04. The van der Waals surface area contributed by atoms with E-state index in [1.807, 2.05) is 0 Å². The normalized spacial score (nSPS) is 22.1. The summed E-state index contributed by atoms with van der Waals surface area (Å²) in [7, 11) is 0. The van der Waals surface area contributed by atoms with Crippen LogP contribution < -0.4 is 10.2 Å². The summed E-state index contributed by atoms with van der Waals surface area (Å²) < 4.78 is 0. The standard InChI is InChI=1S/C16H21N5/c1-2-6-13-12(4-1)5-3-7-14(13)15-18-16(20-19-15)21-10-8-17-9-11-21/h1-2,4,6,14,17H,3,5,7-11H2,(H,18,19,20). The maximum atomic E-state index is 4.79. The highest BCUT2D eigenvalue weighted by molar-refractivity contribution is 5.38. The minimum Gasteiger partial charge on any atom is -0.337 e. The van der Waals surface area contributed by atoms with Gasteiger partial charge in [0.25, 0.3) is 0 Å². The maximum absolute atomic E-state index is 4.79. The van der Waals surface area contributed by atoms with Crippen molar-refractivity contribution < 1.29 is 0 Å². The van der Waals surface area contributed by atoms with E-state index < -0.39 is 0 Å². The highest BCUT2D eigenvalue weighted by Crippen LogP contribution is 2.35. The lowest BCUT2D eigenvalue weighted by Crippen LogP contribution is -2.44. The molecule has 1 unspecified atom stereocenters. The predicted molar refractivity (Wildman–Crippen MR) is 82.7 cm³/mol. The molecule has 0 bridgehead atoms. The number of H-pyrrole nitrogens is 1. The smallest absolute Gasteiger partial charge is 0.244 e. The van der Waals surface area contributed by atoms with Gasteiger partial charge in [0.15, 0.2) is 0 Å². The SMILES string of the molecule is c1ccc2c(c1)CCCC2c1nc(N2CCNCC2)n[nH]1. The van der Waals surface area contributed by atoms with Crippen molar-refractivity contribution in [1.29, 1.82) is 0 Å². The largest absolute Gasteiger partial charge is 0.337 e. The Bertz CT molecular complexity index is 615. The molecule has 0 spiro atoms. The van der Waals surface area contributed by atoms with Crippen LogP contribution in [0.1, 0.15) is 35.7 Å². The fraction of sp³-hybridized carbons (Fsp3) is 0.500. The fourth-order valence-electron chi connectivity index (χ4n) is 3.47. The van der Waals surface area contributed by atoms with Gasteiger partial charge in [-0.25, -0.2) is 0 Å². The molecule has 1 saturated heterocycles. The Kier molecular flexibility index (Phi) is 3.35. The van der Waals surface area contributed by atoms with Crippen molar-refractivity contribution >= 4 is 5.95 Å². The van der Waals surface area contributed by atoms with E-state index in [-0.39, 0.29) is 0 Å². The van der Waals surface area contributed by atoms with Crippen LogP contribution in [0.15, 0.2) is 24.3 Å². The molecular formula is C16H21N5. The molecule has 0 saturated carbocycles. The fourth-order valence-corrected chi connectivity index (χ4v) is 3.47. The van der Waals surface area contributed by atoms with Gasteiger partial charge in [-0.05, 0) is 30.4 Å². The van der Waals surface area contributed by atoms with Crippen LogP contribution in [-0.2, 0) is 6.42 Å². The lowest BCUT2D eigenvalue weighted by Gasteiger charge is -2.26. The van der Waals surface area contributed by atoms with E-state index in [4.69, 9.17) is 4.98 Å². The number of aromatic amines is 1. The van der Waals surface area contributed by atoms with Gasteiger partial charge in [0.1, 0.15) is 5.82 Å². The van der Waals surface area contributed by atoms with E-state index in [1.54, 1.807) is 0 Å². The number of aryl methyl sites for hydroxylation is 1. The van der Waals surface area contributed by atoms with E-state index in [2.05, 4.69) is 44.7 Å².